The van der Waals surface area contributed by atoms with Crippen molar-refractivity contribution < 1.29 is 14.7 Å². The first-order valence-corrected chi connectivity index (χ1v) is 8.87. The lowest BCUT2D eigenvalue weighted by Gasteiger charge is -2.24. The van der Waals surface area contributed by atoms with Crippen molar-refractivity contribution in [3.63, 3.8) is 0 Å². The van der Waals surface area contributed by atoms with Crippen molar-refractivity contribution in [2.45, 2.75) is 65.9 Å². The number of benzene rings is 1. The van der Waals surface area contributed by atoms with E-state index in [4.69, 9.17) is 0 Å². The molecule has 1 aromatic rings. The fourth-order valence-corrected chi connectivity index (χ4v) is 3.07. The zero-order valence-electron chi connectivity index (χ0n) is 15.9. The van der Waals surface area contributed by atoms with Crippen LogP contribution in [0.5, 0.6) is 0 Å². The van der Waals surface area contributed by atoms with Gasteiger partial charge >= 0.3 is 0 Å². The molecule has 3 nitrogen and oxygen atoms in total. The molecule has 0 saturated heterocycles. The molecule has 0 aromatic heterocycles. The van der Waals surface area contributed by atoms with Gasteiger partial charge in [-0.25, -0.2) is 0 Å². The highest BCUT2D eigenvalue weighted by atomic mass is 16.3. The maximum Gasteiger partial charge on any atom is 0.189 e. The van der Waals surface area contributed by atoms with Crippen molar-refractivity contribution in [2.75, 3.05) is 0 Å². The van der Waals surface area contributed by atoms with Crippen LogP contribution in [0.2, 0.25) is 0 Å². The van der Waals surface area contributed by atoms with Gasteiger partial charge in [0.05, 0.1) is 5.60 Å². The van der Waals surface area contributed by atoms with Crippen LogP contribution < -0.4 is 0 Å². The van der Waals surface area contributed by atoms with Crippen molar-refractivity contribution in [1.82, 2.24) is 0 Å². The normalized spacial score (nSPS) is 16.2. The molecular formula is C22H28O3. The van der Waals surface area contributed by atoms with Crippen LogP contribution in [0.15, 0.2) is 35.4 Å². The number of hydrogen-bond acceptors (Lipinski definition) is 3. The fraction of sp³-hybridized carbons (Fsp3) is 0.455. The van der Waals surface area contributed by atoms with Gasteiger partial charge in [0.1, 0.15) is 0 Å². The summed E-state index contributed by atoms with van der Waals surface area (Å²) >= 11 is 0. The average molecular weight is 340 g/mol. The Hall–Kier alpha value is -2.00. The highest BCUT2D eigenvalue weighted by Crippen LogP contribution is 2.29. The third-order valence-electron chi connectivity index (χ3n) is 4.91. The predicted octanol–water partition coefficient (Wildman–Crippen LogP) is 4.89. The molecular weight excluding hydrogens is 312 g/mol. The second-order valence-electron chi connectivity index (χ2n) is 7.66. The molecule has 134 valence electrons. The van der Waals surface area contributed by atoms with E-state index in [2.05, 4.69) is 6.08 Å². The van der Waals surface area contributed by atoms with Crippen LogP contribution in [0.3, 0.4) is 0 Å². The van der Waals surface area contributed by atoms with E-state index in [9.17, 15) is 14.7 Å². The molecule has 0 saturated carbocycles. The number of hydrogen-bond donors (Lipinski definition) is 1. The summed E-state index contributed by atoms with van der Waals surface area (Å²) in [6.07, 6.45) is 5.88. The minimum Gasteiger partial charge on any atom is -0.390 e. The van der Waals surface area contributed by atoms with Crippen LogP contribution >= 0.6 is 0 Å². The van der Waals surface area contributed by atoms with E-state index < -0.39 is 5.60 Å². The number of rotatable bonds is 6. The lowest BCUT2D eigenvalue weighted by molar-refractivity contribution is 0.0430. The topological polar surface area (TPSA) is 54.4 Å². The zero-order chi connectivity index (χ0) is 18.8. The monoisotopic (exact) mass is 340 g/mol. The van der Waals surface area contributed by atoms with Crippen LogP contribution in [0.4, 0.5) is 0 Å². The fourth-order valence-electron chi connectivity index (χ4n) is 3.07. The summed E-state index contributed by atoms with van der Waals surface area (Å²) in [7, 11) is 0. The van der Waals surface area contributed by atoms with E-state index >= 15 is 0 Å². The van der Waals surface area contributed by atoms with Crippen molar-refractivity contribution in [1.29, 1.82) is 0 Å². The van der Waals surface area contributed by atoms with Gasteiger partial charge in [-0.1, -0.05) is 11.6 Å². The highest BCUT2D eigenvalue weighted by molar-refractivity contribution is 6.24. The molecule has 1 aromatic carbocycles. The molecule has 0 fully saturated rings. The third kappa shape index (κ3) is 4.76. The lowest BCUT2D eigenvalue weighted by Crippen LogP contribution is -2.25. The summed E-state index contributed by atoms with van der Waals surface area (Å²) in [5, 5.41) is 10.5. The Morgan fingerprint density at radius 2 is 1.68 bits per heavy atom. The summed E-state index contributed by atoms with van der Waals surface area (Å²) in [4.78, 5) is 25.1. The van der Waals surface area contributed by atoms with Crippen molar-refractivity contribution in [3.8, 4) is 0 Å². The molecule has 0 aliphatic heterocycles. The summed E-state index contributed by atoms with van der Waals surface area (Å²) < 4.78 is 0. The SMILES string of the molecule is CC(C)=CCCC(C)(O)CCC1=CC(=O)c2cc(C)c(C)cc2C1=O. The minimum absolute atomic E-state index is 0.0854. The molecule has 2 rings (SSSR count). The van der Waals surface area contributed by atoms with Crippen molar-refractivity contribution in [2.24, 2.45) is 0 Å². The Bertz CT molecular complexity index is 760. The summed E-state index contributed by atoms with van der Waals surface area (Å²) in [6, 6.07) is 3.61. The van der Waals surface area contributed by atoms with E-state index in [0.29, 0.717) is 36.0 Å². The first-order valence-electron chi connectivity index (χ1n) is 8.87. The predicted molar refractivity (Wildman–Crippen MR) is 101 cm³/mol. The van der Waals surface area contributed by atoms with Crippen LogP contribution in [0, 0.1) is 13.8 Å². The number of fused-ring (bicyclic) bond motifs is 1. The molecule has 1 N–H and O–H groups in total. The van der Waals surface area contributed by atoms with Crippen molar-refractivity contribution in [3.05, 3.63) is 57.7 Å². The Balaban J connectivity index is 2.11. The molecule has 3 heteroatoms. The van der Waals surface area contributed by atoms with Gasteiger partial charge in [-0.05, 0) is 89.6 Å². The largest absolute Gasteiger partial charge is 0.390 e. The van der Waals surface area contributed by atoms with Crippen LogP contribution in [-0.2, 0) is 0 Å². The number of Topliss-reactive ketones (excluding diaryl/α,β-unsaturated/α-hetero) is 1. The molecule has 0 spiro atoms. The van der Waals surface area contributed by atoms with Gasteiger partial charge < -0.3 is 5.11 Å². The number of carbonyl (C=O) groups excluding carboxylic acids is 2. The Kier molecular flexibility index (Phi) is 5.79. The van der Waals surface area contributed by atoms with Crippen LogP contribution in [0.25, 0.3) is 0 Å². The van der Waals surface area contributed by atoms with E-state index in [1.54, 1.807) is 13.0 Å². The zero-order valence-corrected chi connectivity index (χ0v) is 15.9. The first-order chi connectivity index (χ1) is 11.6. The maximum atomic E-state index is 12.7. The summed E-state index contributed by atoms with van der Waals surface area (Å²) in [6.45, 7) is 9.75. The minimum atomic E-state index is -0.848. The molecule has 1 atom stereocenters. The molecule has 1 aliphatic rings. The summed E-state index contributed by atoms with van der Waals surface area (Å²) in [5.41, 5.74) is 3.90. The number of allylic oxidation sites excluding steroid dienone is 4. The molecule has 1 unspecified atom stereocenters. The van der Waals surface area contributed by atoms with Gasteiger partial charge in [0.25, 0.3) is 0 Å². The lowest BCUT2D eigenvalue weighted by atomic mass is 9.83. The van der Waals surface area contributed by atoms with Gasteiger partial charge in [-0.3, -0.25) is 9.59 Å². The molecule has 0 bridgehead atoms. The van der Waals surface area contributed by atoms with Gasteiger partial charge in [0.2, 0.25) is 0 Å². The van der Waals surface area contributed by atoms with E-state index in [-0.39, 0.29) is 11.6 Å². The van der Waals surface area contributed by atoms with Gasteiger partial charge in [0.15, 0.2) is 11.6 Å². The van der Waals surface area contributed by atoms with Crippen LogP contribution in [-0.4, -0.2) is 22.3 Å². The average Bonchev–Trinajstić information content (AvgIpc) is 2.51. The molecule has 1 aliphatic carbocycles. The highest BCUT2D eigenvalue weighted by Gasteiger charge is 2.28. The second-order valence-corrected chi connectivity index (χ2v) is 7.66. The van der Waals surface area contributed by atoms with Crippen molar-refractivity contribution >= 4 is 11.6 Å². The second kappa shape index (κ2) is 7.49. The quantitative estimate of drug-likeness (QED) is 0.750. The van der Waals surface area contributed by atoms with Gasteiger partial charge in [-0.2, -0.15) is 0 Å². The smallest absolute Gasteiger partial charge is 0.189 e. The molecule has 0 radical (unpaired) electrons. The van der Waals surface area contributed by atoms with Gasteiger partial charge in [-0.15, -0.1) is 0 Å². The Morgan fingerprint density at radius 1 is 1.08 bits per heavy atom. The summed E-state index contributed by atoms with van der Waals surface area (Å²) in [5.74, 6) is -0.199. The molecule has 0 amide bonds. The molecule has 25 heavy (non-hydrogen) atoms. The first kappa shape index (κ1) is 19.3. The Morgan fingerprint density at radius 3 is 2.28 bits per heavy atom. The third-order valence-corrected chi connectivity index (χ3v) is 4.91. The van der Waals surface area contributed by atoms with E-state index in [1.807, 2.05) is 33.8 Å². The maximum absolute atomic E-state index is 12.7. The Labute approximate surface area is 150 Å². The van der Waals surface area contributed by atoms with E-state index in [1.165, 1.54) is 11.6 Å². The van der Waals surface area contributed by atoms with Crippen LogP contribution in [0.1, 0.15) is 78.3 Å². The number of aliphatic hydroxyl groups is 1. The molecule has 0 heterocycles. The van der Waals surface area contributed by atoms with Gasteiger partial charge in [0, 0.05) is 16.7 Å². The van der Waals surface area contributed by atoms with E-state index in [0.717, 1.165) is 17.5 Å². The standard InChI is InChI=1S/C22H28O3/c1-14(2)7-6-9-22(5,25)10-8-17-13-20(23)18-11-15(3)16(4)12-19(18)21(17)24/h7,11-13,25H,6,8-10H2,1-5H3. The number of ketones is 2. The number of carbonyl (C=O) groups is 2. The number of aryl methyl sites for hydroxylation is 2.